The highest BCUT2D eigenvalue weighted by atomic mass is 32.2. The number of benzene rings is 1. The first kappa shape index (κ1) is 20.5. The van der Waals surface area contributed by atoms with Gasteiger partial charge in [-0.1, -0.05) is 37.2 Å². The first-order chi connectivity index (χ1) is 13.4. The van der Waals surface area contributed by atoms with Crippen LogP contribution in [-0.4, -0.2) is 27.7 Å². The van der Waals surface area contributed by atoms with Crippen molar-refractivity contribution in [3.8, 4) is 11.1 Å². The van der Waals surface area contributed by atoms with Crippen molar-refractivity contribution < 1.29 is 9.18 Å². The number of halogens is 1. The third kappa shape index (κ3) is 4.62. The molecule has 0 fully saturated rings. The molecule has 0 spiro atoms. The fourth-order valence-electron chi connectivity index (χ4n) is 3.09. The topological polar surface area (TPSA) is 74.8 Å². The molecule has 28 heavy (non-hydrogen) atoms. The molecule has 3 rings (SSSR count). The number of aryl methyl sites for hydroxylation is 1. The lowest BCUT2D eigenvalue weighted by Crippen LogP contribution is -2.33. The van der Waals surface area contributed by atoms with Crippen LogP contribution in [0.5, 0.6) is 0 Å². The van der Waals surface area contributed by atoms with Crippen LogP contribution < -0.4 is 10.9 Å². The first-order valence-electron chi connectivity index (χ1n) is 9.10. The van der Waals surface area contributed by atoms with E-state index in [1.54, 1.807) is 12.1 Å². The largest absolute Gasteiger partial charge is 0.353 e. The van der Waals surface area contributed by atoms with Crippen LogP contribution in [0.4, 0.5) is 4.39 Å². The van der Waals surface area contributed by atoms with E-state index >= 15 is 0 Å². The van der Waals surface area contributed by atoms with Crippen molar-refractivity contribution >= 4 is 39.2 Å². The molecule has 0 unspecified atom stereocenters. The molecule has 8 heteroatoms. The van der Waals surface area contributed by atoms with E-state index in [-0.39, 0.29) is 29.1 Å². The number of carbonyl (C=O) groups is 1. The maximum atomic E-state index is 13.2. The summed E-state index contributed by atoms with van der Waals surface area (Å²) < 4.78 is 13.2. The average molecular weight is 420 g/mol. The van der Waals surface area contributed by atoms with Gasteiger partial charge in [-0.05, 0) is 38.0 Å². The number of rotatable bonds is 7. The molecule has 1 aromatic carbocycles. The number of nitrogens with zero attached hydrogens (tertiary/aromatic N) is 1. The molecule has 0 aliphatic carbocycles. The molecule has 0 radical (unpaired) electrons. The Balaban J connectivity index is 1.83. The van der Waals surface area contributed by atoms with E-state index < -0.39 is 0 Å². The van der Waals surface area contributed by atoms with Crippen molar-refractivity contribution in [1.82, 2.24) is 15.3 Å². The number of aromatic nitrogens is 2. The number of amides is 1. The summed E-state index contributed by atoms with van der Waals surface area (Å²) in [6, 6.07) is 6.21. The van der Waals surface area contributed by atoms with Crippen LogP contribution in [0.3, 0.4) is 0 Å². The predicted octanol–water partition coefficient (Wildman–Crippen LogP) is 4.50. The highest BCUT2D eigenvalue weighted by molar-refractivity contribution is 7.99. The smallest absolute Gasteiger partial charge is 0.260 e. The highest BCUT2D eigenvalue weighted by Crippen LogP contribution is 2.36. The molecular weight excluding hydrogens is 397 g/mol. The quantitative estimate of drug-likeness (QED) is 0.437. The van der Waals surface area contributed by atoms with E-state index in [9.17, 15) is 14.0 Å². The van der Waals surface area contributed by atoms with Crippen molar-refractivity contribution in [2.45, 2.75) is 44.8 Å². The molecule has 0 saturated carbocycles. The molecule has 2 aromatic heterocycles. The molecule has 0 aliphatic heterocycles. The Kier molecular flexibility index (Phi) is 6.51. The number of aromatic amines is 1. The number of fused-ring (bicyclic) bond motifs is 1. The maximum Gasteiger partial charge on any atom is 0.260 e. The molecule has 0 saturated heterocycles. The standard InChI is InChI=1S/C20H22FN3O2S2/c1-4-5-11(2)22-15(25)10-27-20-23-18(26)17-16(12(3)28-19(17)24-20)13-6-8-14(21)9-7-13/h6-9,11H,4-5,10H2,1-3H3,(H,22,25)(H,23,24,26)/t11-/m1/s1. The monoisotopic (exact) mass is 419 g/mol. The second-order valence-corrected chi connectivity index (χ2v) is 8.80. The van der Waals surface area contributed by atoms with Gasteiger partial charge in [0.15, 0.2) is 5.16 Å². The molecule has 2 N–H and O–H groups in total. The minimum Gasteiger partial charge on any atom is -0.353 e. The van der Waals surface area contributed by atoms with Gasteiger partial charge >= 0.3 is 0 Å². The van der Waals surface area contributed by atoms with Crippen molar-refractivity contribution in [2.24, 2.45) is 0 Å². The van der Waals surface area contributed by atoms with Crippen molar-refractivity contribution in [2.75, 3.05) is 5.75 Å². The Morgan fingerprint density at radius 3 is 2.75 bits per heavy atom. The van der Waals surface area contributed by atoms with Gasteiger partial charge in [-0.15, -0.1) is 11.3 Å². The Morgan fingerprint density at radius 1 is 1.36 bits per heavy atom. The zero-order chi connectivity index (χ0) is 20.3. The Bertz CT molecular complexity index is 1040. The van der Waals surface area contributed by atoms with Gasteiger partial charge in [0.05, 0.1) is 11.1 Å². The molecule has 2 heterocycles. The van der Waals surface area contributed by atoms with Gasteiger partial charge in [0.25, 0.3) is 5.56 Å². The number of nitrogens with one attached hydrogen (secondary N) is 2. The first-order valence-corrected chi connectivity index (χ1v) is 10.9. The van der Waals surface area contributed by atoms with Crippen LogP contribution in [0.2, 0.25) is 0 Å². The van der Waals surface area contributed by atoms with E-state index in [0.717, 1.165) is 28.8 Å². The normalized spacial score (nSPS) is 12.3. The van der Waals surface area contributed by atoms with E-state index in [1.807, 2.05) is 13.8 Å². The number of hydrogen-bond acceptors (Lipinski definition) is 5. The van der Waals surface area contributed by atoms with Gasteiger partial charge in [-0.3, -0.25) is 9.59 Å². The van der Waals surface area contributed by atoms with Crippen LogP contribution in [0.1, 0.15) is 31.6 Å². The summed E-state index contributed by atoms with van der Waals surface area (Å²) in [5.74, 6) is -0.209. The minimum absolute atomic E-state index is 0.0805. The Hall–Kier alpha value is -2.19. The lowest BCUT2D eigenvalue weighted by Gasteiger charge is -2.12. The van der Waals surface area contributed by atoms with E-state index in [0.29, 0.717) is 15.4 Å². The number of H-pyrrole nitrogens is 1. The lowest BCUT2D eigenvalue weighted by molar-refractivity contribution is -0.119. The molecular formula is C20H22FN3O2S2. The summed E-state index contributed by atoms with van der Waals surface area (Å²) in [6.45, 7) is 5.97. The number of thioether (sulfide) groups is 1. The van der Waals surface area contributed by atoms with Gasteiger partial charge in [0.1, 0.15) is 10.6 Å². The second-order valence-electron chi connectivity index (χ2n) is 6.64. The molecule has 0 aliphatic rings. The van der Waals surface area contributed by atoms with Gasteiger partial charge < -0.3 is 10.3 Å². The third-order valence-corrected chi connectivity index (χ3v) is 6.19. The lowest BCUT2D eigenvalue weighted by atomic mass is 10.0. The summed E-state index contributed by atoms with van der Waals surface area (Å²) in [7, 11) is 0. The van der Waals surface area contributed by atoms with Crippen LogP contribution in [0, 0.1) is 12.7 Å². The van der Waals surface area contributed by atoms with E-state index in [1.165, 1.54) is 35.2 Å². The number of thiophene rings is 1. The molecule has 1 atom stereocenters. The highest BCUT2D eigenvalue weighted by Gasteiger charge is 2.17. The average Bonchev–Trinajstić information content (AvgIpc) is 2.97. The molecule has 0 bridgehead atoms. The third-order valence-electron chi connectivity index (χ3n) is 4.32. The molecule has 1 amide bonds. The fourth-order valence-corrected chi connectivity index (χ4v) is 4.86. The summed E-state index contributed by atoms with van der Waals surface area (Å²) in [5.41, 5.74) is 1.30. The van der Waals surface area contributed by atoms with Crippen LogP contribution >= 0.6 is 23.1 Å². The molecule has 148 valence electrons. The van der Waals surface area contributed by atoms with Crippen molar-refractivity contribution in [3.63, 3.8) is 0 Å². The number of carbonyl (C=O) groups excluding carboxylic acids is 1. The molecule has 3 aromatic rings. The second kappa shape index (κ2) is 8.87. The van der Waals surface area contributed by atoms with Gasteiger partial charge in [-0.25, -0.2) is 9.37 Å². The summed E-state index contributed by atoms with van der Waals surface area (Å²) in [5, 5.41) is 3.85. The summed E-state index contributed by atoms with van der Waals surface area (Å²) in [4.78, 5) is 33.6. The summed E-state index contributed by atoms with van der Waals surface area (Å²) in [6.07, 6.45) is 1.94. The summed E-state index contributed by atoms with van der Waals surface area (Å²) >= 11 is 2.63. The van der Waals surface area contributed by atoms with Crippen LogP contribution in [0.25, 0.3) is 21.3 Å². The predicted molar refractivity (Wildman–Crippen MR) is 114 cm³/mol. The zero-order valence-corrected chi connectivity index (χ0v) is 17.6. The van der Waals surface area contributed by atoms with Crippen molar-refractivity contribution in [3.05, 3.63) is 45.3 Å². The molecule has 5 nitrogen and oxygen atoms in total. The Labute approximate surface area is 170 Å². The minimum atomic E-state index is -0.321. The SMILES string of the molecule is CCC[C@@H](C)NC(=O)CSc1nc2sc(C)c(-c3ccc(F)cc3)c2c(=O)[nH]1. The van der Waals surface area contributed by atoms with Crippen LogP contribution in [-0.2, 0) is 4.79 Å². The van der Waals surface area contributed by atoms with Gasteiger partial charge in [0.2, 0.25) is 5.91 Å². The number of hydrogen-bond donors (Lipinski definition) is 2. The fraction of sp³-hybridized carbons (Fsp3) is 0.350. The van der Waals surface area contributed by atoms with Gasteiger partial charge in [0, 0.05) is 16.5 Å². The van der Waals surface area contributed by atoms with Crippen LogP contribution in [0.15, 0.2) is 34.2 Å². The van der Waals surface area contributed by atoms with Crippen molar-refractivity contribution in [1.29, 1.82) is 0 Å². The Morgan fingerprint density at radius 2 is 2.07 bits per heavy atom. The van der Waals surface area contributed by atoms with E-state index in [4.69, 9.17) is 0 Å². The van der Waals surface area contributed by atoms with E-state index in [2.05, 4.69) is 22.2 Å². The maximum absolute atomic E-state index is 13.2. The van der Waals surface area contributed by atoms with Gasteiger partial charge in [-0.2, -0.15) is 0 Å². The zero-order valence-electron chi connectivity index (χ0n) is 16.0.